The summed E-state index contributed by atoms with van der Waals surface area (Å²) < 4.78 is 0. The Bertz CT molecular complexity index is 959. The summed E-state index contributed by atoms with van der Waals surface area (Å²) in [6.45, 7) is 4.59. The number of H-pyrrole nitrogens is 1. The molecule has 0 amide bonds. The standard InChI is InChI=1S/C21H24N4O.ClH/c1-14(20-23-19-10-6-5-9-17(19)21(26)24-20)25-12-16(11-22)18(13-25)15-7-3-2-4-8-15;/h2-10,14,16,18H,11-13,22H2,1H3,(H,23,24,26);1H/t14?,16-,18+;/m1./s1. The van der Waals surface area contributed by atoms with E-state index in [9.17, 15) is 4.79 Å². The minimum atomic E-state index is -0.0772. The fourth-order valence-electron chi connectivity index (χ4n) is 4.01. The van der Waals surface area contributed by atoms with Crippen LogP contribution in [0.5, 0.6) is 0 Å². The molecule has 1 unspecified atom stereocenters. The average Bonchev–Trinajstić information content (AvgIpc) is 3.12. The number of rotatable bonds is 4. The minimum absolute atomic E-state index is 0. The second kappa shape index (κ2) is 8.21. The number of benzene rings is 2. The molecule has 2 aromatic carbocycles. The molecule has 0 bridgehead atoms. The summed E-state index contributed by atoms with van der Waals surface area (Å²) in [6, 6.07) is 18.1. The lowest BCUT2D eigenvalue weighted by Gasteiger charge is -2.23. The maximum absolute atomic E-state index is 12.4. The van der Waals surface area contributed by atoms with Crippen molar-refractivity contribution in [2.75, 3.05) is 19.6 Å². The predicted molar refractivity (Wildman–Crippen MR) is 111 cm³/mol. The zero-order valence-electron chi connectivity index (χ0n) is 15.3. The van der Waals surface area contributed by atoms with Gasteiger partial charge in [-0.25, -0.2) is 4.98 Å². The molecule has 1 aliphatic rings. The second-order valence-corrected chi connectivity index (χ2v) is 7.11. The summed E-state index contributed by atoms with van der Waals surface area (Å²) in [6.07, 6.45) is 0. The zero-order valence-corrected chi connectivity index (χ0v) is 16.2. The van der Waals surface area contributed by atoms with Gasteiger partial charge in [-0.3, -0.25) is 9.69 Å². The number of aromatic nitrogens is 2. The van der Waals surface area contributed by atoms with E-state index in [1.165, 1.54) is 5.56 Å². The van der Waals surface area contributed by atoms with E-state index in [-0.39, 0.29) is 24.0 Å². The molecule has 0 saturated carbocycles. The molecule has 1 aromatic heterocycles. The molecule has 5 nitrogen and oxygen atoms in total. The number of para-hydroxylation sites is 1. The van der Waals surface area contributed by atoms with E-state index in [0.717, 1.165) is 24.4 Å². The molecule has 1 fully saturated rings. The number of hydrogen-bond acceptors (Lipinski definition) is 4. The predicted octanol–water partition coefficient (Wildman–Crippen LogP) is 3.08. The van der Waals surface area contributed by atoms with Crippen LogP contribution in [0.4, 0.5) is 0 Å². The van der Waals surface area contributed by atoms with Gasteiger partial charge >= 0.3 is 0 Å². The van der Waals surface area contributed by atoms with Crippen molar-refractivity contribution in [2.45, 2.75) is 18.9 Å². The van der Waals surface area contributed by atoms with E-state index in [1.807, 2.05) is 24.3 Å². The van der Waals surface area contributed by atoms with Crippen LogP contribution in [-0.2, 0) is 0 Å². The summed E-state index contributed by atoms with van der Waals surface area (Å²) in [5, 5.41) is 0.631. The highest BCUT2D eigenvalue weighted by molar-refractivity contribution is 5.85. The maximum atomic E-state index is 12.4. The first-order valence-corrected chi connectivity index (χ1v) is 9.15. The number of aromatic amines is 1. The van der Waals surface area contributed by atoms with Crippen LogP contribution in [-0.4, -0.2) is 34.5 Å². The van der Waals surface area contributed by atoms with Crippen LogP contribution in [0.2, 0.25) is 0 Å². The molecule has 2 heterocycles. The Balaban J connectivity index is 0.00000210. The number of hydrogen-bond donors (Lipinski definition) is 2. The monoisotopic (exact) mass is 384 g/mol. The number of nitrogens with two attached hydrogens (primary N) is 1. The van der Waals surface area contributed by atoms with Crippen LogP contribution in [0.3, 0.4) is 0 Å². The van der Waals surface area contributed by atoms with Gasteiger partial charge in [0.15, 0.2) is 0 Å². The average molecular weight is 385 g/mol. The van der Waals surface area contributed by atoms with Gasteiger partial charge in [0.05, 0.1) is 16.9 Å². The van der Waals surface area contributed by atoms with Gasteiger partial charge in [0.25, 0.3) is 5.56 Å². The molecule has 142 valence electrons. The Morgan fingerprint density at radius 3 is 2.59 bits per heavy atom. The van der Waals surface area contributed by atoms with Crippen molar-refractivity contribution in [3.63, 3.8) is 0 Å². The van der Waals surface area contributed by atoms with E-state index < -0.39 is 0 Å². The molecule has 0 aliphatic carbocycles. The Morgan fingerprint density at radius 2 is 1.85 bits per heavy atom. The number of likely N-dealkylation sites (tertiary alicyclic amines) is 1. The van der Waals surface area contributed by atoms with Gasteiger partial charge in [0.1, 0.15) is 5.82 Å². The topological polar surface area (TPSA) is 75.0 Å². The van der Waals surface area contributed by atoms with Gasteiger partial charge < -0.3 is 10.7 Å². The molecule has 3 aromatic rings. The second-order valence-electron chi connectivity index (χ2n) is 7.11. The van der Waals surface area contributed by atoms with Crippen LogP contribution in [0, 0.1) is 5.92 Å². The fourth-order valence-corrected chi connectivity index (χ4v) is 4.01. The molecule has 27 heavy (non-hydrogen) atoms. The zero-order chi connectivity index (χ0) is 18.1. The molecular weight excluding hydrogens is 360 g/mol. The molecular formula is C21H25ClN4O. The van der Waals surface area contributed by atoms with Crippen LogP contribution < -0.4 is 11.3 Å². The first-order valence-electron chi connectivity index (χ1n) is 9.15. The van der Waals surface area contributed by atoms with Crippen molar-refractivity contribution >= 4 is 23.3 Å². The normalized spacial score (nSPS) is 21.1. The Hall–Kier alpha value is -2.21. The van der Waals surface area contributed by atoms with Gasteiger partial charge in [-0.15, -0.1) is 12.4 Å². The molecule has 0 spiro atoms. The summed E-state index contributed by atoms with van der Waals surface area (Å²) in [5.41, 5.74) is 8.06. The lowest BCUT2D eigenvalue weighted by atomic mass is 9.89. The molecule has 3 N–H and O–H groups in total. The highest BCUT2D eigenvalue weighted by atomic mass is 35.5. The van der Waals surface area contributed by atoms with Crippen molar-refractivity contribution in [1.82, 2.24) is 14.9 Å². The van der Waals surface area contributed by atoms with Gasteiger partial charge in [0, 0.05) is 19.0 Å². The van der Waals surface area contributed by atoms with Crippen LogP contribution in [0.1, 0.15) is 30.3 Å². The highest BCUT2D eigenvalue weighted by Crippen LogP contribution is 2.35. The third kappa shape index (κ3) is 3.76. The third-order valence-electron chi connectivity index (χ3n) is 5.57. The summed E-state index contributed by atoms with van der Waals surface area (Å²) in [7, 11) is 0. The summed E-state index contributed by atoms with van der Waals surface area (Å²) in [4.78, 5) is 22.4. The van der Waals surface area contributed by atoms with E-state index in [2.05, 4.69) is 41.1 Å². The van der Waals surface area contributed by atoms with Crippen molar-refractivity contribution in [3.8, 4) is 0 Å². The van der Waals surface area contributed by atoms with E-state index >= 15 is 0 Å². The molecule has 1 saturated heterocycles. The Kier molecular flexibility index (Phi) is 5.95. The van der Waals surface area contributed by atoms with Crippen LogP contribution in [0.15, 0.2) is 59.4 Å². The lowest BCUT2D eigenvalue weighted by Crippen LogP contribution is -2.29. The smallest absolute Gasteiger partial charge is 0.258 e. The van der Waals surface area contributed by atoms with Gasteiger partial charge in [-0.1, -0.05) is 42.5 Å². The minimum Gasteiger partial charge on any atom is -0.330 e. The first kappa shape index (κ1) is 19.5. The van der Waals surface area contributed by atoms with E-state index in [4.69, 9.17) is 10.7 Å². The fraction of sp³-hybridized carbons (Fsp3) is 0.333. The Labute approximate surface area is 165 Å². The number of nitrogens with zero attached hydrogens (tertiary/aromatic N) is 2. The van der Waals surface area contributed by atoms with Crippen molar-refractivity contribution in [3.05, 3.63) is 76.3 Å². The largest absolute Gasteiger partial charge is 0.330 e. The van der Waals surface area contributed by atoms with Gasteiger partial charge in [-0.2, -0.15) is 0 Å². The lowest BCUT2D eigenvalue weighted by molar-refractivity contribution is 0.243. The van der Waals surface area contributed by atoms with Crippen molar-refractivity contribution in [1.29, 1.82) is 0 Å². The first-order chi connectivity index (χ1) is 12.7. The number of halogens is 1. The molecule has 6 heteroatoms. The van der Waals surface area contributed by atoms with Gasteiger partial charge in [0.2, 0.25) is 0 Å². The summed E-state index contributed by atoms with van der Waals surface area (Å²) in [5.74, 6) is 1.54. The number of nitrogens with one attached hydrogen (secondary N) is 1. The van der Waals surface area contributed by atoms with E-state index in [1.54, 1.807) is 6.07 Å². The van der Waals surface area contributed by atoms with Crippen LogP contribution >= 0.6 is 12.4 Å². The number of fused-ring (bicyclic) bond motifs is 1. The van der Waals surface area contributed by atoms with E-state index in [0.29, 0.717) is 23.8 Å². The quantitative estimate of drug-likeness (QED) is 0.724. The third-order valence-corrected chi connectivity index (χ3v) is 5.57. The molecule has 1 aliphatic heterocycles. The van der Waals surface area contributed by atoms with Crippen LogP contribution in [0.25, 0.3) is 10.9 Å². The Morgan fingerprint density at radius 1 is 1.15 bits per heavy atom. The SMILES string of the molecule is CC(c1nc2ccccc2c(=O)[nH]1)N1C[C@@H](CN)[C@H](c2ccccc2)C1.Cl. The highest BCUT2D eigenvalue weighted by Gasteiger charge is 2.36. The van der Waals surface area contributed by atoms with Crippen molar-refractivity contribution < 1.29 is 0 Å². The maximum Gasteiger partial charge on any atom is 0.258 e. The molecule has 3 atom stereocenters. The van der Waals surface area contributed by atoms with Gasteiger partial charge in [-0.05, 0) is 37.1 Å². The van der Waals surface area contributed by atoms with Crippen molar-refractivity contribution in [2.24, 2.45) is 11.7 Å². The summed E-state index contributed by atoms with van der Waals surface area (Å²) >= 11 is 0. The molecule has 0 radical (unpaired) electrons. The molecule has 4 rings (SSSR count).